The first-order valence-electron chi connectivity index (χ1n) is 9.22. The van der Waals surface area contributed by atoms with Gasteiger partial charge in [0.25, 0.3) is 0 Å². The van der Waals surface area contributed by atoms with Crippen LogP contribution in [0.15, 0.2) is 22.8 Å². The predicted molar refractivity (Wildman–Crippen MR) is 95.4 cm³/mol. The average Bonchev–Trinajstić information content (AvgIpc) is 3.42. The third kappa shape index (κ3) is 1.91. The maximum Gasteiger partial charge on any atom is 0.135 e. The molecule has 2 saturated carbocycles. The molecule has 0 aromatic carbocycles. The van der Waals surface area contributed by atoms with E-state index in [9.17, 15) is 0 Å². The molecule has 3 aliphatic heterocycles. The van der Waals surface area contributed by atoms with Gasteiger partial charge in [-0.15, -0.1) is 0 Å². The van der Waals surface area contributed by atoms with Crippen LogP contribution in [-0.2, 0) is 0 Å². The minimum Gasteiger partial charge on any atom is -0.356 e. The molecule has 5 aliphatic rings. The minimum absolute atomic E-state index is 0. The monoisotopic (exact) mass is 324 g/mol. The summed E-state index contributed by atoms with van der Waals surface area (Å²) in [5.41, 5.74) is 1.29. The van der Waals surface area contributed by atoms with Crippen LogP contribution in [0.2, 0.25) is 0 Å². The summed E-state index contributed by atoms with van der Waals surface area (Å²) in [6.07, 6.45) is 7.31. The number of fused-ring (bicyclic) bond motifs is 5. The van der Waals surface area contributed by atoms with Gasteiger partial charge in [0, 0.05) is 38.2 Å². The summed E-state index contributed by atoms with van der Waals surface area (Å²) in [4.78, 5) is 19.0. The summed E-state index contributed by atoms with van der Waals surface area (Å²) in [5, 5.41) is 3.60. The van der Waals surface area contributed by atoms with Gasteiger partial charge in [0.05, 0.1) is 12.1 Å². The molecular formula is C18H24N6. The Labute approximate surface area is 143 Å². The van der Waals surface area contributed by atoms with Gasteiger partial charge in [-0.25, -0.2) is 9.97 Å². The van der Waals surface area contributed by atoms with Crippen LogP contribution < -0.4 is 10.2 Å². The maximum absolute atomic E-state index is 4.84. The Morgan fingerprint density at radius 1 is 1.17 bits per heavy atom. The molecule has 1 N–H and O–H groups in total. The molecule has 6 rings (SSSR count). The van der Waals surface area contributed by atoms with Crippen LogP contribution in [0.4, 0.5) is 11.6 Å². The molecular weight excluding hydrogens is 300 g/mol. The zero-order chi connectivity index (χ0) is 15.8. The molecule has 126 valence electrons. The van der Waals surface area contributed by atoms with Gasteiger partial charge in [-0.05, 0) is 38.7 Å². The van der Waals surface area contributed by atoms with E-state index in [1.165, 1.54) is 37.2 Å². The Hall–Kier alpha value is -2.11. The highest BCUT2D eigenvalue weighted by Gasteiger charge is 2.59. The van der Waals surface area contributed by atoms with Crippen molar-refractivity contribution in [2.24, 2.45) is 10.9 Å². The highest BCUT2D eigenvalue weighted by atomic mass is 15.4. The second-order valence-electron chi connectivity index (χ2n) is 7.75. The number of hydrogen-bond donors (Lipinski definition) is 1. The van der Waals surface area contributed by atoms with Crippen LogP contribution in [0.1, 0.15) is 32.9 Å². The van der Waals surface area contributed by atoms with Crippen LogP contribution in [0.25, 0.3) is 0 Å². The van der Waals surface area contributed by atoms with Crippen LogP contribution in [0.5, 0.6) is 0 Å². The van der Waals surface area contributed by atoms with Crippen molar-refractivity contribution in [2.45, 2.75) is 50.7 Å². The summed E-state index contributed by atoms with van der Waals surface area (Å²) >= 11 is 0. The molecule has 0 spiro atoms. The molecule has 0 amide bonds. The highest BCUT2D eigenvalue weighted by Crippen LogP contribution is 2.52. The quantitative estimate of drug-likeness (QED) is 0.923. The summed E-state index contributed by atoms with van der Waals surface area (Å²) in [6.45, 7) is 4.20. The van der Waals surface area contributed by atoms with Crippen LogP contribution >= 0.6 is 0 Å². The molecule has 0 radical (unpaired) electrons. The van der Waals surface area contributed by atoms with E-state index in [-0.39, 0.29) is 1.43 Å². The lowest BCUT2D eigenvalue weighted by Crippen LogP contribution is -2.36. The molecule has 4 heterocycles. The van der Waals surface area contributed by atoms with Crippen molar-refractivity contribution in [2.75, 3.05) is 23.3 Å². The Morgan fingerprint density at radius 3 is 2.92 bits per heavy atom. The molecule has 2 aliphatic carbocycles. The molecule has 6 nitrogen and oxygen atoms in total. The summed E-state index contributed by atoms with van der Waals surface area (Å²) < 4.78 is 0. The standard InChI is InChI=1S/C18H22N6.H2/c1-10-19-16(9-17(20-10)23-4-2-3-5-23)21-12-8-18-22-13-7-15(13)24(18)14-6-11(12)14;/h8-9,11,13-15H,2-7H2,1H3,(H,19,20,21);1H. The van der Waals surface area contributed by atoms with Crippen LogP contribution in [0, 0.1) is 12.8 Å². The van der Waals surface area contributed by atoms with Gasteiger partial charge < -0.3 is 15.1 Å². The number of aliphatic imine (C=N–C) groups is 1. The second kappa shape index (κ2) is 4.49. The maximum atomic E-state index is 4.84. The first-order chi connectivity index (χ1) is 11.8. The number of hydrogen-bond acceptors (Lipinski definition) is 6. The van der Waals surface area contributed by atoms with Crippen LogP contribution in [0.3, 0.4) is 0 Å². The normalized spacial score (nSPS) is 35.0. The van der Waals surface area contributed by atoms with Crippen molar-refractivity contribution in [1.82, 2.24) is 14.9 Å². The Morgan fingerprint density at radius 2 is 2.04 bits per heavy atom. The van der Waals surface area contributed by atoms with Crippen molar-refractivity contribution >= 4 is 17.5 Å². The molecule has 6 heteroatoms. The van der Waals surface area contributed by atoms with Crippen molar-refractivity contribution < 1.29 is 1.43 Å². The summed E-state index contributed by atoms with van der Waals surface area (Å²) in [7, 11) is 0. The van der Waals surface area contributed by atoms with E-state index in [4.69, 9.17) is 4.99 Å². The minimum atomic E-state index is 0. The smallest absolute Gasteiger partial charge is 0.135 e. The SMILES string of the molecule is Cc1nc(NC2=CC3=NC4CC4N3C3CC23)cc(N2CCCC2)n1.[HH]. The van der Waals surface area contributed by atoms with E-state index in [2.05, 4.69) is 37.2 Å². The number of rotatable bonds is 3. The molecule has 0 bridgehead atoms. The fraction of sp³-hybridized carbons (Fsp3) is 0.611. The number of amidine groups is 1. The second-order valence-corrected chi connectivity index (χ2v) is 7.75. The van der Waals surface area contributed by atoms with Gasteiger partial charge in [0.2, 0.25) is 0 Å². The van der Waals surface area contributed by atoms with Gasteiger partial charge >= 0.3 is 0 Å². The lowest BCUT2D eigenvalue weighted by Gasteiger charge is -2.27. The molecule has 1 saturated heterocycles. The topological polar surface area (TPSA) is 56.7 Å². The fourth-order valence-electron chi connectivity index (χ4n) is 4.61. The predicted octanol–water partition coefficient (Wildman–Crippen LogP) is 2.18. The van der Waals surface area contributed by atoms with E-state index in [1.54, 1.807) is 0 Å². The number of aromatic nitrogens is 2. The van der Waals surface area contributed by atoms with Gasteiger partial charge in [-0.3, -0.25) is 4.99 Å². The molecule has 24 heavy (non-hydrogen) atoms. The van der Waals surface area contributed by atoms with Gasteiger partial charge in [-0.1, -0.05) is 0 Å². The zero-order valence-electron chi connectivity index (χ0n) is 13.9. The van der Waals surface area contributed by atoms with Crippen molar-refractivity contribution in [3.05, 3.63) is 23.7 Å². The third-order valence-electron chi connectivity index (χ3n) is 5.97. The zero-order valence-corrected chi connectivity index (χ0v) is 13.9. The average molecular weight is 324 g/mol. The molecule has 3 fully saturated rings. The summed E-state index contributed by atoms with van der Waals surface area (Å²) in [6, 6.07) is 4.09. The number of anilines is 2. The lowest BCUT2D eigenvalue weighted by atomic mass is 10.2. The summed E-state index contributed by atoms with van der Waals surface area (Å²) in [5.74, 6) is 4.66. The Balaban J connectivity index is 0.00000140. The van der Waals surface area contributed by atoms with Gasteiger partial charge in [0.1, 0.15) is 23.3 Å². The number of aryl methyl sites for hydroxylation is 1. The Bertz CT molecular complexity index is 784. The fourth-order valence-corrected chi connectivity index (χ4v) is 4.61. The third-order valence-corrected chi connectivity index (χ3v) is 5.97. The van der Waals surface area contributed by atoms with Gasteiger partial charge in [0.15, 0.2) is 0 Å². The van der Waals surface area contributed by atoms with E-state index in [0.717, 1.165) is 36.6 Å². The number of nitrogens with zero attached hydrogens (tertiary/aromatic N) is 5. The molecule has 1 aromatic heterocycles. The van der Waals surface area contributed by atoms with Crippen LogP contribution in [-0.4, -0.2) is 51.9 Å². The van der Waals surface area contributed by atoms with E-state index in [1.807, 2.05) is 6.92 Å². The van der Waals surface area contributed by atoms with Crippen molar-refractivity contribution in [3.8, 4) is 0 Å². The first kappa shape index (κ1) is 13.2. The lowest BCUT2D eigenvalue weighted by molar-refractivity contribution is 0.395. The molecule has 4 atom stereocenters. The van der Waals surface area contributed by atoms with E-state index >= 15 is 0 Å². The van der Waals surface area contributed by atoms with E-state index in [0.29, 0.717) is 18.0 Å². The van der Waals surface area contributed by atoms with Crippen molar-refractivity contribution in [3.63, 3.8) is 0 Å². The van der Waals surface area contributed by atoms with Gasteiger partial charge in [-0.2, -0.15) is 0 Å². The molecule has 4 unspecified atom stereocenters. The van der Waals surface area contributed by atoms with E-state index < -0.39 is 0 Å². The highest BCUT2D eigenvalue weighted by molar-refractivity contribution is 5.98. The largest absolute Gasteiger partial charge is 0.356 e. The number of nitrogens with one attached hydrogen (secondary N) is 1. The van der Waals surface area contributed by atoms with Crippen molar-refractivity contribution in [1.29, 1.82) is 0 Å². The Kier molecular flexibility index (Phi) is 2.47. The molecule has 1 aromatic rings. The first-order valence-corrected chi connectivity index (χ1v) is 9.22.